The van der Waals surface area contributed by atoms with Gasteiger partial charge in [-0.25, -0.2) is 4.68 Å². The van der Waals surface area contributed by atoms with Gasteiger partial charge in [-0.05, 0) is 49.7 Å². The van der Waals surface area contributed by atoms with Gasteiger partial charge in [0, 0.05) is 43.6 Å². The predicted molar refractivity (Wildman–Crippen MR) is 128 cm³/mol. The molecule has 6 nitrogen and oxygen atoms in total. The molecule has 9 heteroatoms. The Morgan fingerprint density at radius 2 is 1.74 bits per heavy atom. The number of aromatic nitrogens is 2. The lowest BCUT2D eigenvalue weighted by Crippen LogP contribution is -2.36. The molecule has 186 valence electrons. The Morgan fingerprint density at radius 3 is 2.40 bits per heavy atom. The number of benzene rings is 2. The average Bonchev–Trinajstić information content (AvgIpc) is 3.13. The van der Waals surface area contributed by atoms with Gasteiger partial charge in [0.1, 0.15) is 0 Å². The van der Waals surface area contributed by atoms with Crippen molar-refractivity contribution in [1.29, 1.82) is 0 Å². The van der Waals surface area contributed by atoms with Gasteiger partial charge in [0.15, 0.2) is 0 Å². The lowest BCUT2D eigenvalue weighted by Gasteiger charge is -2.29. The van der Waals surface area contributed by atoms with E-state index >= 15 is 0 Å². The molecular formula is C26H29F3N4O2. The van der Waals surface area contributed by atoms with Crippen molar-refractivity contribution in [2.75, 3.05) is 38.3 Å². The van der Waals surface area contributed by atoms with E-state index in [1.54, 1.807) is 31.9 Å². The summed E-state index contributed by atoms with van der Waals surface area (Å²) in [5.74, 6) is -0.0861. The Labute approximate surface area is 202 Å². The summed E-state index contributed by atoms with van der Waals surface area (Å²) in [6.07, 6.45) is -4.31. The molecule has 0 unspecified atom stereocenters. The largest absolute Gasteiger partial charge is 0.416 e. The van der Waals surface area contributed by atoms with Crippen molar-refractivity contribution in [2.45, 2.75) is 33.0 Å². The molecule has 2 aromatic carbocycles. The Hall–Kier alpha value is -3.33. The zero-order valence-electron chi connectivity index (χ0n) is 20.1. The van der Waals surface area contributed by atoms with Crippen LogP contribution >= 0.6 is 0 Å². The Balaban J connectivity index is 1.44. The number of nitrogens with zero attached hydrogens (tertiary/aromatic N) is 4. The highest BCUT2D eigenvalue weighted by molar-refractivity contribution is 5.79. The van der Waals surface area contributed by atoms with Gasteiger partial charge in [-0.3, -0.25) is 4.79 Å². The highest BCUT2D eigenvalue weighted by Crippen LogP contribution is 2.31. The number of amides is 1. The lowest BCUT2D eigenvalue weighted by atomic mass is 10.1. The molecule has 0 spiro atoms. The van der Waals surface area contributed by atoms with Crippen molar-refractivity contribution < 1.29 is 22.7 Å². The second kappa shape index (κ2) is 10.1. The first-order valence-corrected chi connectivity index (χ1v) is 11.5. The second-order valence-electron chi connectivity index (χ2n) is 8.80. The zero-order chi connectivity index (χ0) is 25.2. The summed E-state index contributed by atoms with van der Waals surface area (Å²) in [5.41, 5.74) is 3.73. The maximum absolute atomic E-state index is 13.1. The lowest BCUT2D eigenvalue weighted by molar-refractivity contribution is -0.137. The third kappa shape index (κ3) is 5.67. The quantitative estimate of drug-likeness (QED) is 0.513. The first-order valence-electron chi connectivity index (χ1n) is 11.5. The fraction of sp³-hybridized carbons (Fsp3) is 0.385. The number of alkyl halides is 3. The van der Waals surface area contributed by atoms with Gasteiger partial charge in [0.05, 0.1) is 36.6 Å². The van der Waals surface area contributed by atoms with E-state index in [1.807, 2.05) is 12.1 Å². The molecule has 1 saturated heterocycles. The molecule has 2 heterocycles. The van der Waals surface area contributed by atoms with Crippen LogP contribution < -0.4 is 4.90 Å². The molecule has 1 aromatic heterocycles. The molecule has 1 aliphatic rings. The smallest absolute Gasteiger partial charge is 0.378 e. The second-order valence-corrected chi connectivity index (χ2v) is 8.80. The fourth-order valence-electron chi connectivity index (χ4n) is 4.28. The van der Waals surface area contributed by atoms with Gasteiger partial charge in [0.25, 0.3) is 0 Å². The van der Waals surface area contributed by atoms with Crippen molar-refractivity contribution in [3.05, 3.63) is 76.6 Å². The van der Waals surface area contributed by atoms with E-state index in [-0.39, 0.29) is 12.3 Å². The first-order chi connectivity index (χ1) is 16.6. The highest BCUT2D eigenvalue weighted by Gasteiger charge is 2.31. The maximum Gasteiger partial charge on any atom is 0.416 e. The van der Waals surface area contributed by atoms with Gasteiger partial charge in [-0.2, -0.15) is 18.3 Å². The molecule has 0 saturated carbocycles. The number of anilines is 1. The SMILES string of the molecule is Cc1nn(-c2cccc(C(F)(F)F)c2)c(C)c1CC(=O)N(C)Cc1ccc(N2CCOCC2)cc1. The summed E-state index contributed by atoms with van der Waals surface area (Å²) in [6, 6.07) is 13.2. The van der Waals surface area contributed by atoms with Crippen LogP contribution in [0.25, 0.3) is 5.69 Å². The normalized spacial score (nSPS) is 14.3. The Bertz CT molecular complexity index is 1180. The zero-order valence-corrected chi connectivity index (χ0v) is 20.1. The monoisotopic (exact) mass is 486 g/mol. The number of aryl methyl sites for hydroxylation is 1. The fourth-order valence-corrected chi connectivity index (χ4v) is 4.28. The third-order valence-corrected chi connectivity index (χ3v) is 6.35. The Kier molecular flexibility index (Phi) is 7.16. The van der Waals surface area contributed by atoms with Crippen LogP contribution in [0.2, 0.25) is 0 Å². The third-order valence-electron chi connectivity index (χ3n) is 6.35. The molecule has 1 amide bonds. The number of ether oxygens (including phenoxy) is 1. The van der Waals surface area contributed by atoms with Crippen molar-refractivity contribution in [3.8, 4) is 5.69 Å². The molecule has 0 bridgehead atoms. The predicted octanol–water partition coefficient (Wildman–Crippen LogP) is 4.55. The number of morpholine rings is 1. The van der Waals surface area contributed by atoms with Crippen LogP contribution in [0.4, 0.5) is 18.9 Å². The molecule has 1 fully saturated rings. The molecule has 35 heavy (non-hydrogen) atoms. The van der Waals surface area contributed by atoms with E-state index in [0.717, 1.165) is 55.3 Å². The maximum atomic E-state index is 13.1. The number of halogens is 3. The van der Waals surface area contributed by atoms with Crippen LogP contribution in [0, 0.1) is 13.8 Å². The van der Waals surface area contributed by atoms with E-state index in [1.165, 1.54) is 10.7 Å². The summed E-state index contributed by atoms with van der Waals surface area (Å²) in [5, 5.41) is 4.42. The molecule has 0 N–H and O–H groups in total. The van der Waals surface area contributed by atoms with Crippen LogP contribution in [0.5, 0.6) is 0 Å². The number of likely N-dealkylation sites (N-methyl/N-ethyl adjacent to an activating group) is 1. The van der Waals surface area contributed by atoms with E-state index in [4.69, 9.17) is 4.74 Å². The standard InChI is InChI=1S/C26H29F3N4O2/c1-18-24(19(2)33(30-18)23-6-4-5-21(15-23)26(27,28)29)16-25(34)31(3)17-20-7-9-22(10-8-20)32-11-13-35-14-12-32/h4-10,15H,11-14,16-17H2,1-3H3. The van der Waals surface area contributed by atoms with Crippen LogP contribution in [0.3, 0.4) is 0 Å². The van der Waals surface area contributed by atoms with Crippen molar-refractivity contribution in [2.24, 2.45) is 0 Å². The molecule has 4 rings (SSSR count). The van der Waals surface area contributed by atoms with Gasteiger partial charge >= 0.3 is 6.18 Å². The van der Waals surface area contributed by atoms with Gasteiger partial charge in [0.2, 0.25) is 5.91 Å². The van der Waals surface area contributed by atoms with E-state index in [9.17, 15) is 18.0 Å². The average molecular weight is 487 g/mol. The summed E-state index contributed by atoms with van der Waals surface area (Å²) >= 11 is 0. The molecule has 1 aliphatic heterocycles. The van der Waals surface area contributed by atoms with Crippen LogP contribution in [0.15, 0.2) is 48.5 Å². The molecule has 3 aromatic rings. The van der Waals surface area contributed by atoms with E-state index < -0.39 is 11.7 Å². The van der Waals surface area contributed by atoms with Crippen LogP contribution in [-0.4, -0.2) is 53.9 Å². The van der Waals surface area contributed by atoms with Crippen molar-refractivity contribution >= 4 is 11.6 Å². The number of rotatable bonds is 6. The minimum Gasteiger partial charge on any atom is -0.378 e. The molecule has 0 radical (unpaired) electrons. The summed E-state index contributed by atoms with van der Waals surface area (Å²) in [7, 11) is 1.75. The molecule has 0 atom stereocenters. The van der Waals surface area contributed by atoms with E-state index in [0.29, 0.717) is 23.6 Å². The number of carbonyl (C=O) groups is 1. The Morgan fingerprint density at radius 1 is 1.06 bits per heavy atom. The molecular weight excluding hydrogens is 457 g/mol. The minimum absolute atomic E-state index is 0.0861. The van der Waals surface area contributed by atoms with Gasteiger partial charge in [-0.1, -0.05) is 18.2 Å². The highest BCUT2D eigenvalue weighted by atomic mass is 19.4. The number of carbonyl (C=O) groups excluding carboxylic acids is 1. The van der Waals surface area contributed by atoms with Gasteiger partial charge < -0.3 is 14.5 Å². The minimum atomic E-state index is -4.44. The number of hydrogen-bond donors (Lipinski definition) is 0. The van der Waals surface area contributed by atoms with Crippen LogP contribution in [-0.2, 0) is 28.7 Å². The van der Waals surface area contributed by atoms with Crippen molar-refractivity contribution in [1.82, 2.24) is 14.7 Å². The summed E-state index contributed by atoms with van der Waals surface area (Å²) < 4.78 is 46.3. The summed E-state index contributed by atoms with van der Waals surface area (Å²) in [6.45, 7) is 7.18. The summed E-state index contributed by atoms with van der Waals surface area (Å²) in [4.78, 5) is 16.9. The van der Waals surface area contributed by atoms with Crippen molar-refractivity contribution in [3.63, 3.8) is 0 Å². The first kappa shape index (κ1) is 24.8. The topological polar surface area (TPSA) is 50.6 Å². The molecule has 0 aliphatic carbocycles. The van der Waals surface area contributed by atoms with Crippen LogP contribution in [0.1, 0.15) is 28.1 Å². The number of hydrogen-bond acceptors (Lipinski definition) is 4. The van der Waals surface area contributed by atoms with E-state index in [2.05, 4.69) is 22.1 Å². The van der Waals surface area contributed by atoms with Gasteiger partial charge in [-0.15, -0.1) is 0 Å².